The fourth-order valence-electron chi connectivity index (χ4n) is 0.195. The summed E-state index contributed by atoms with van der Waals surface area (Å²) in [6, 6.07) is 0. The maximum Gasteiger partial charge on any atom is 0.279 e. The van der Waals surface area contributed by atoms with Gasteiger partial charge in [0.05, 0.1) is 0 Å². The summed E-state index contributed by atoms with van der Waals surface area (Å²) in [7, 11) is 0. The summed E-state index contributed by atoms with van der Waals surface area (Å²) in [6.45, 7) is 2.55. The van der Waals surface area contributed by atoms with Crippen LogP contribution >= 0.6 is 11.8 Å². The molecule has 0 aliphatic rings. The molecule has 2 nitrogen and oxygen atoms in total. The Morgan fingerprint density at radius 2 is 2.57 bits per heavy atom. The van der Waals surface area contributed by atoms with Crippen molar-refractivity contribution in [2.75, 3.05) is 6.54 Å². The molecule has 0 aliphatic heterocycles. The summed E-state index contributed by atoms with van der Waals surface area (Å²) in [4.78, 5) is 10.2. The molecular formula is C4H8NOS. The quantitative estimate of drug-likeness (QED) is 0.561. The number of nitrogens with one attached hydrogen (secondary N) is 1. The van der Waals surface area contributed by atoms with Gasteiger partial charge in [0.1, 0.15) is 0 Å². The summed E-state index contributed by atoms with van der Waals surface area (Å²) in [5.41, 5.74) is 0. The van der Waals surface area contributed by atoms with Crippen LogP contribution in [0, 0.1) is 6.26 Å². The second-order valence-corrected chi connectivity index (χ2v) is 1.62. The lowest BCUT2D eigenvalue weighted by Gasteiger charge is -1.92. The molecule has 1 amide bonds. The summed E-state index contributed by atoms with van der Waals surface area (Å²) >= 11 is 0.949. The Morgan fingerprint density at radius 1 is 2.00 bits per heavy atom. The van der Waals surface area contributed by atoms with Gasteiger partial charge in [-0.25, -0.2) is 0 Å². The molecule has 7 heavy (non-hydrogen) atoms. The van der Waals surface area contributed by atoms with Crippen LogP contribution in [-0.2, 0) is 0 Å². The molecule has 0 atom stereocenters. The fraction of sp³-hybridized carbons (Fsp3) is 0.500. The molecule has 0 spiro atoms. The monoisotopic (exact) mass is 118 g/mol. The second kappa shape index (κ2) is 3.99. The Labute approximate surface area is 47.7 Å². The molecule has 0 bridgehead atoms. The van der Waals surface area contributed by atoms with Crippen LogP contribution in [0.2, 0.25) is 0 Å². The first-order valence-electron chi connectivity index (χ1n) is 2.01. The van der Waals surface area contributed by atoms with Crippen LogP contribution < -0.4 is 5.32 Å². The summed E-state index contributed by atoms with van der Waals surface area (Å²) in [6.07, 6.45) is 3.31. The lowest BCUT2D eigenvalue weighted by atomic mass is 10.8. The normalized spacial score (nSPS) is 8.29. The average Bonchev–Trinajstić information content (AvgIpc) is 1.68. The molecule has 0 aromatic rings. The van der Waals surface area contributed by atoms with Crippen LogP contribution in [-0.4, -0.2) is 11.8 Å². The number of carbonyl (C=O) groups is 1. The van der Waals surface area contributed by atoms with Crippen molar-refractivity contribution in [3.05, 3.63) is 6.26 Å². The van der Waals surface area contributed by atoms with Crippen molar-refractivity contribution in [1.82, 2.24) is 5.32 Å². The molecule has 0 unspecified atom stereocenters. The van der Waals surface area contributed by atoms with E-state index in [0.717, 1.165) is 11.8 Å². The van der Waals surface area contributed by atoms with Crippen molar-refractivity contribution in [2.24, 2.45) is 0 Å². The minimum Gasteiger partial charge on any atom is -0.347 e. The third kappa shape index (κ3) is 3.66. The third-order valence-corrected chi connectivity index (χ3v) is 0.859. The molecule has 0 aliphatic carbocycles. The van der Waals surface area contributed by atoms with Gasteiger partial charge in [-0.1, -0.05) is 11.8 Å². The number of thioether (sulfide) groups is 1. The summed E-state index contributed by atoms with van der Waals surface area (Å²) < 4.78 is 0. The first kappa shape index (κ1) is 6.82. The van der Waals surface area contributed by atoms with Gasteiger partial charge in [0.15, 0.2) is 0 Å². The van der Waals surface area contributed by atoms with Crippen molar-refractivity contribution in [2.45, 2.75) is 6.92 Å². The Morgan fingerprint density at radius 3 is 2.71 bits per heavy atom. The largest absolute Gasteiger partial charge is 0.347 e. The van der Waals surface area contributed by atoms with E-state index in [-0.39, 0.29) is 5.24 Å². The number of hydrogen-bond acceptors (Lipinski definition) is 2. The predicted molar refractivity (Wildman–Crippen MR) is 32.0 cm³/mol. The third-order valence-electron chi connectivity index (χ3n) is 0.452. The molecule has 3 heteroatoms. The van der Waals surface area contributed by atoms with E-state index < -0.39 is 0 Å². The van der Waals surface area contributed by atoms with E-state index in [0.29, 0.717) is 6.54 Å². The Hall–Kier alpha value is -0.180. The zero-order valence-corrected chi connectivity index (χ0v) is 5.05. The number of hydrogen-bond donors (Lipinski definition) is 1. The SMILES string of the molecule is [CH2]SC(=O)NCC. The predicted octanol–water partition coefficient (Wildman–Crippen LogP) is 1.24. The molecule has 0 saturated heterocycles. The molecular weight excluding hydrogens is 110 g/mol. The molecule has 0 aromatic heterocycles. The van der Waals surface area contributed by atoms with Crippen LogP contribution in [0.5, 0.6) is 0 Å². The molecule has 41 valence electrons. The fourth-order valence-corrected chi connectivity index (χ4v) is 0.442. The van der Waals surface area contributed by atoms with Gasteiger partial charge < -0.3 is 5.32 Å². The van der Waals surface area contributed by atoms with Crippen LogP contribution in [0.1, 0.15) is 6.92 Å². The van der Waals surface area contributed by atoms with Crippen molar-refractivity contribution >= 4 is 17.0 Å². The topological polar surface area (TPSA) is 29.1 Å². The van der Waals surface area contributed by atoms with Crippen molar-refractivity contribution in [1.29, 1.82) is 0 Å². The number of carbonyl (C=O) groups excluding carboxylic acids is 1. The standard InChI is InChI=1S/C4H8NOS/c1-3-5-4(6)7-2/h2-3H2,1H3,(H,5,6). The van der Waals surface area contributed by atoms with Gasteiger partial charge in [-0.15, -0.1) is 0 Å². The Balaban J connectivity index is 3.00. The van der Waals surface area contributed by atoms with E-state index in [4.69, 9.17) is 0 Å². The van der Waals surface area contributed by atoms with Gasteiger partial charge in [0.2, 0.25) is 0 Å². The van der Waals surface area contributed by atoms with Crippen molar-refractivity contribution < 1.29 is 4.79 Å². The van der Waals surface area contributed by atoms with Gasteiger partial charge in [-0.2, -0.15) is 0 Å². The minimum atomic E-state index is -0.0671. The molecule has 0 rings (SSSR count). The smallest absolute Gasteiger partial charge is 0.279 e. The number of rotatable bonds is 1. The Bertz CT molecular complexity index is 64.7. The van der Waals surface area contributed by atoms with Gasteiger partial charge in [-0.05, 0) is 6.92 Å². The summed E-state index contributed by atoms with van der Waals surface area (Å²) in [5.74, 6) is 0. The van der Waals surface area contributed by atoms with E-state index in [1.54, 1.807) is 0 Å². The Kier molecular flexibility index (Phi) is 3.89. The van der Waals surface area contributed by atoms with Crippen molar-refractivity contribution in [3.8, 4) is 0 Å². The van der Waals surface area contributed by atoms with Gasteiger partial charge in [0, 0.05) is 12.8 Å². The highest BCUT2D eigenvalue weighted by molar-refractivity contribution is 8.14. The number of amides is 1. The molecule has 1 N–H and O–H groups in total. The molecule has 0 heterocycles. The van der Waals surface area contributed by atoms with E-state index >= 15 is 0 Å². The zero-order valence-electron chi connectivity index (χ0n) is 4.23. The lowest BCUT2D eigenvalue weighted by molar-refractivity contribution is 0.261. The highest BCUT2D eigenvalue weighted by Gasteiger charge is 1.89. The molecule has 0 aromatic carbocycles. The molecule has 0 saturated carbocycles. The summed E-state index contributed by atoms with van der Waals surface area (Å²) in [5, 5.41) is 2.49. The highest BCUT2D eigenvalue weighted by atomic mass is 32.2. The highest BCUT2D eigenvalue weighted by Crippen LogP contribution is 1.93. The van der Waals surface area contributed by atoms with Crippen LogP contribution in [0.15, 0.2) is 0 Å². The van der Waals surface area contributed by atoms with E-state index in [1.165, 1.54) is 0 Å². The first-order chi connectivity index (χ1) is 3.31. The van der Waals surface area contributed by atoms with Crippen LogP contribution in [0.25, 0.3) is 0 Å². The van der Waals surface area contributed by atoms with Crippen LogP contribution in [0.4, 0.5) is 4.79 Å². The van der Waals surface area contributed by atoms with Gasteiger partial charge in [0.25, 0.3) is 5.24 Å². The molecule has 1 radical (unpaired) electrons. The lowest BCUT2D eigenvalue weighted by Crippen LogP contribution is -2.16. The molecule has 0 fully saturated rings. The average molecular weight is 118 g/mol. The minimum absolute atomic E-state index is 0.0671. The first-order valence-corrected chi connectivity index (χ1v) is 2.99. The van der Waals surface area contributed by atoms with E-state index in [1.807, 2.05) is 6.92 Å². The van der Waals surface area contributed by atoms with E-state index in [2.05, 4.69) is 11.6 Å². The maximum absolute atomic E-state index is 10.2. The van der Waals surface area contributed by atoms with Gasteiger partial charge >= 0.3 is 0 Å². The van der Waals surface area contributed by atoms with Gasteiger partial charge in [-0.3, -0.25) is 4.79 Å². The van der Waals surface area contributed by atoms with E-state index in [9.17, 15) is 4.79 Å². The van der Waals surface area contributed by atoms with Crippen molar-refractivity contribution in [3.63, 3.8) is 0 Å². The zero-order chi connectivity index (χ0) is 5.70. The van der Waals surface area contributed by atoms with Crippen LogP contribution in [0.3, 0.4) is 0 Å². The maximum atomic E-state index is 10.2. The second-order valence-electron chi connectivity index (χ2n) is 0.962.